The van der Waals surface area contributed by atoms with E-state index in [9.17, 15) is 19.8 Å². The minimum atomic E-state index is -1.36. The molecule has 1 amide bonds. The van der Waals surface area contributed by atoms with Crippen molar-refractivity contribution in [2.75, 3.05) is 34.9 Å². The number of carbonyl (C=O) groups excluding carboxylic acids is 2. The van der Waals surface area contributed by atoms with Gasteiger partial charge in [-0.2, -0.15) is 0 Å². The van der Waals surface area contributed by atoms with E-state index in [1.807, 2.05) is 102 Å². The summed E-state index contributed by atoms with van der Waals surface area (Å²) in [6.45, 7) is 15.0. The topological polar surface area (TPSA) is 174 Å². The van der Waals surface area contributed by atoms with Crippen molar-refractivity contribution in [3.05, 3.63) is 48.2 Å². The Labute approximate surface area is 349 Å². The molecule has 0 radical (unpaired) electrons. The van der Waals surface area contributed by atoms with Crippen LogP contribution in [-0.4, -0.2) is 138 Å². The van der Waals surface area contributed by atoms with E-state index < -0.39 is 77.8 Å². The molecule has 3 aliphatic rings. The van der Waals surface area contributed by atoms with Gasteiger partial charge in [0.25, 0.3) is 0 Å². The Balaban J connectivity index is 1.53. The normalized spacial score (nSPS) is 38.4. The third-order valence-corrected chi connectivity index (χ3v) is 12.8. The molecule has 3 N–H and O–H groups in total. The maximum Gasteiger partial charge on any atom is 0.425 e. The van der Waals surface area contributed by atoms with Gasteiger partial charge in [0.1, 0.15) is 25.4 Å². The fourth-order valence-corrected chi connectivity index (χ4v) is 9.48. The van der Waals surface area contributed by atoms with Gasteiger partial charge in [0.15, 0.2) is 11.9 Å². The second-order valence-corrected chi connectivity index (χ2v) is 17.3. The number of hydrogen-bond donors (Lipinski definition) is 3. The van der Waals surface area contributed by atoms with E-state index >= 15 is 0 Å². The van der Waals surface area contributed by atoms with Gasteiger partial charge in [-0.15, -0.1) is 0 Å². The molecule has 3 aliphatic heterocycles. The molecule has 1 aromatic carbocycles. The molecule has 0 spiro atoms. The molecule has 14 atom stereocenters. The molecule has 59 heavy (non-hydrogen) atoms. The zero-order valence-electron chi connectivity index (χ0n) is 36.8. The van der Waals surface area contributed by atoms with Gasteiger partial charge >= 0.3 is 12.1 Å². The number of benzene rings is 1. The van der Waals surface area contributed by atoms with E-state index in [0.29, 0.717) is 25.0 Å². The van der Waals surface area contributed by atoms with E-state index in [2.05, 4.69) is 10.6 Å². The number of aliphatic hydroxyl groups excluding tert-OH is 2. The van der Waals surface area contributed by atoms with Gasteiger partial charge in [0.05, 0.1) is 46.8 Å². The molecular weight excluding hydrogens is 759 g/mol. The minimum Gasteiger partial charge on any atom is -0.458 e. The number of hydrogen-bond acceptors (Lipinski definition) is 14. The van der Waals surface area contributed by atoms with Crippen LogP contribution in [0.25, 0.3) is 17.0 Å². The predicted octanol–water partition coefficient (Wildman–Crippen LogP) is 5.18. The standard InChI is InChI=1S/C44H67N5O10/c1-13-34-44(8)38(49(42(53)59-44)45-22-16-18-31-21-20-30-17-14-15-19-32(30)46-31)27(4)35(47-55-12)25(2)24-43(7,54-11)39(28(5)36(50)29(6)40(52)57-34)58-41-37(51)33(48(9)10)23-26(3)56-41/h14-21,25-29,33-34,36-39,41,45,50-51H,13,22-24H2,1-12H3/b18-16+,47-35+/t25-,26-,27-,28+,29-,33+,34+,36+,37-,38?,39-,41+,43+,44-/m1/s1. The Bertz CT molecular complexity index is 1810. The molecule has 15 heteroatoms. The number of cyclic esters (lactones) is 1. The zero-order chi connectivity index (χ0) is 43.4. The van der Waals surface area contributed by atoms with Gasteiger partial charge in [-0.1, -0.05) is 63.2 Å². The van der Waals surface area contributed by atoms with Crippen LogP contribution in [0.15, 0.2) is 47.6 Å². The number of carbonyl (C=O) groups is 2. The monoisotopic (exact) mass is 825 g/mol. The average molecular weight is 826 g/mol. The third kappa shape index (κ3) is 9.77. The summed E-state index contributed by atoms with van der Waals surface area (Å²) in [5.41, 5.74) is 2.99. The first-order valence-corrected chi connectivity index (χ1v) is 20.9. The Morgan fingerprint density at radius 1 is 1.03 bits per heavy atom. The predicted molar refractivity (Wildman–Crippen MR) is 224 cm³/mol. The number of nitrogens with zero attached hydrogens (tertiary/aromatic N) is 4. The quantitative estimate of drug-likeness (QED) is 0.212. The Kier molecular flexibility index (Phi) is 15.2. The highest BCUT2D eigenvalue weighted by Crippen LogP contribution is 2.43. The Morgan fingerprint density at radius 2 is 1.75 bits per heavy atom. The van der Waals surface area contributed by atoms with E-state index in [1.165, 1.54) is 12.1 Å². The Morgan fingerprint density at radius 3 is 2.41 bits per heavy atom. The molecule has 0 saturated carbocycles. The molecule has 1 unspecified atom stereocenters. The molecule has 328 valence electrons. The van der Waals surface area contributed by atoms with Crippen molar-refractivity contribution >= 4 is 34.8 Å². The summed E-state index contributed by atoms with van der Waals surface area (Å²) in [4.78, 5) is 40.3. The lowest BCUT2D eigenvalue weighted by Crippen LogP contribution is -2.61. The number of likely N-dealkylation sites (N-methyl/N-ethyl adjacent to an activating group) is 1. The number of para-hydroxylation sites is 1. The van der Waals surface area contributed by atoms with Crippen molar-refractivity contribution in [1.29, 1.82) is 0 Å². The Hall–Kier alpha value is -3.70. The van der Waals surface area contributed by atoms with E-state index in [-0.39, 0.29) is 24.6 Å². The molecule has 0 aliphatic carbocycles. The molecule has 1 aromatic heterocycles. The van der Waals surface area contributed by atoms with Gasteiger partial charge in [-0.3, -0.25) is 4.79 Å². The summed E-state index contributed by atoms with van der Waals surface area (Å²) in [5.74, 6) is -3.31. The fourth-order valence-electron chi connectivity index (χ4n) is 9.48. The molecule has 0 bridgehead atoms. The molecule has 4 heterocycles. The number of rotatable bonds is 10. The van der Waals surface area contributed by atoms with Crippen LogP contribution < -0.4 is 5.43 Å². The van der Waals surface area contributed by atoms with Crippen LogP contribution in [0.5, 0.6) is 0 Å². The highest BCUT2D eigenvalue weighted by atomic mass is 16.7. The summed E-state index contributed by atoms with van der Waals surface area (Å²) in [5, 5.41) is 30.6. The first-order valence-electron chi connectivity index (χ1n) is 20.9. The van der Waals surface area contributed by atoms with Crippen LogP contribution in [0.2, 0.25) is 0 Å². The zero-order valence-corrected chi connectivity index (χ0v) is 36.8. The third-order valence-electron chi connectivity index (χ3n) is 12.8. The lowest BCUT2D eigenvalue weighted by Gasteiger charge is -2.48. The lowest BCUT2D eigenvalue weighted by atomic mass is 9.73. The van der Waals surface area contributed by atoms with Gasteiger partial charge in [-0.05, 0) is 79.3 Å². The molecule has 3 fully saturated rings. The number of nitrogens with one attached hydrogen (secondary N) is 1. The number of esters is 1. The van der Waals surface area contributed by atoms with E-state index in [4.69, 9.17) is 33.5 Å². The summed E-state index contributed by atoms with van der Waals surface area (Å²) in [7, 11) is 6.84. The van der Waals surface area contributed by atoms with Gasteiger partial charge in [0.2, 0.25) is 0 Å². The minimum absolute atomic E-state index is 0.225. The molecule has 3 saturated heterocycles. The summed E-state index contributed by atoms with van der Waals surface area (Å²) >= 11 is 0. The van der Waals surface area contributed by atoms with Crippen molar-refractivity contribution in [3.8, 4) is 0 Å². The number of oxime groups is 1. The number of hydrazine groups is 1. The van der Waals surface area contributed by atoms with Crippen molar-refractivity contribution in [1.82, 2.24) is 20.3 Å². The van der Waals surface area contributed by atoms with Gasteiger partial charge in [-0.25, -0.2) is 20.2 Å². The molecule has 15 nitrogen and oxygen atoms in total. The largest absolute Gasteiger partial charge is 0.458 e. The van der Waals surface area contributed by atoms with Crippen molar-refractivity contribution in [2.24, 2.45) is 28.8 Å². The summed E-state index contributed by atoms with van der Waals surface area (Å²) in [6.07, 6.45) is -1.05. The van der Waals surface area contributed by atoms with Crippen LogP contribution >= 0.6 is 0 Å². The van der Waals surface area contributed by atoms with Crippen molar-refractivity contribution in [3.63, 3.8) is 0 Å². The summed E-state index contributed by atoms with van der Waals surface area (Å²) in [6, 6.07) is 10.8. The fraction of sp³-hybridized carbons (Fsp3) is 0.682. The second-order valence-electron chi connectivity index (χ2n) is 17.3. The van der Waals surface area contributed by atoms with Gasteiger partial charge < -0.3 is 43.6 Å². The van der Waals surface area contributed by atoms with Crippen LogP contribution in [-0.2, 0) is 33.3 Å². The number of methoxy groups -OCH3 is 1. The van der Waals surface area contributed by atoms with Crippen molar-refractivity contribution < 1.29 is 48.3 Å². The average Bonchev–Trinajstić information content (AvgIpc) is 3.47. The number of amides is 1. The number of aliphatic hydroxyl groups is 2. The first kappa shape index (κ1) is 46.4. The highest BCUT2D eigenvalue weighted by Gasteiger charge is 2.60. The maximum atomic E-state index is 14.1. The van der Waals surface area contributed by atoms with Gasteiger partial charge in [0, 0.05) is 42.8 Å². The van der Waals surface area contributed by atoms with Crippen LogP contribution in [0, 0.1) is 23.7 Å². The molecule has 2 aromatic rings. The van der Waals surface area contributed by atoms with E-state index in [1.54, 1.807) is 27.9 Å². The lowest BCUT2D eigenvalue weighted by molar-refractivity contribution is -0.301. The summed E-state index contributed by atoms with van der Waals surface area (Å²) < 4.78 is 31.8. The van der Waals surface area contributed by atoms with Crippen LogP contribution in [0.4, 0.5) is 4.79 Å². The molecule has 5 rings (SSSR count). The van der Waals surface area contributed by atoms with Crippen molar-refractivity contribution in [2.45, 2.75) is 135 Å². The number of pyridine rings is 1. The smallest absolute Gasteiger partial charge is 0.425 e. The first-order chi connectivity index (χ1) is 27.9. The van der Waals surface area contributed by atoms with Crippen LogP contribution in [0.3, 0.4) is 0 Å². The number of fused-ring (bicyclic) bond motifs is 2. The number of aromatic nitrogens is 1. The van der Waals surface area contributed by atoms with E-state index in [0.717, 1.165) is 16.6 Å². The highest BCUT2D eigenvalue weighted by molar-refractivity contribution is 5.90. The SMILES string of the molecule is CC[C@@H]1OC(=O)[C@H](C)[C@@H](O)[C@H](C)[C@@H](O[C@@H]2O[C@H](C)C[C@H](N(C)C)[C@H]2O)[C@@](C)(OC)C[C@@H](C)/C(=N\OC)[C@@H](C)C2N(NC/C=C/c3ccc4ccccc4n3)C(=O)O[C@@]21C. The molecular formula is C44H67N5O10. The van der Waals surface area contributed by atoms with Crippen LogP contribution in [0.1, 0.15) is 80.3 Å². The maximum absolute atomic E-state index is 14.1. The second kappa shape index (κ2) is 19.3. The number of ether oxygens (including phenoxy) is 5.